The van der Waals surface area contributed by atoms with E-state index >= 15 is 0 Å². The lowest BCUT2D eigenvalue weighted by atomic mass is 10.2. The van der Waals surface area contributed by atoms with E-state index in [2.05, 4.69) is 27.6 Å². The van der Waals surface area contributed by atoms with Crippen LogP contribution < -0.4 is 10.6 Å². The van der Waals surface area contributed by atoms with Gasteiger partial charge in [-0.15, -0.1) is 11.3 Å². The summed E-state index contributed by atoms with van der Waals surface area (Å²) in [6, 6.07) is 2.20. The summed E-state index contributed by atoms with van der Waals surface area (Å²) in [7, 11) is 0. The first-order valence-corrected chi connectivity index (χ1v) is 7.75. The molecule has 6 nitrogen and oxygen atoms in total. The topological polar surface area (TPSA) is 71.8 Å². The van der Waals surface area contributed by atoms with Crippen LogP contribution in [0.5, 0.6) is 0 Å². The van der Waals surface area contributed by atoms with Gasteiger partial charge in [0.1, 0.15) is 0 Å². The minimum atomic E-state index is -0.0803. The van der Waals surface area contributed by atoms with Crippen molar-refractivity contribution in [2.45, 2.75) is 39.8 Å². The lowest BCUT2D eigenvalue weighted by Crippen LogP contribution is -2.39. The number of hydrogen-bond acceptors (Lipinski definition) is 5. The molecule has 0 unspecified atom stereocenters. The van der Waals surface area contributed by atoms with Crippen LogP contribution in [-0.4, -0.2) is 33.3 Å². The Morgan fingerprint density at radius 1 is 1.43 bits per heavy atom. The molecule has 2 N–H and O–H groups in total. The van der Waals surface area contributed by atoms with E-state index in [0.717, 1.165) is 10.6 Å². The minimum absolute atomic E-state index is 0.0803. The van der Waals surface area contributed by atoms with E-state index < -0.39 is 0 Å². The summed E-state index contributed by atoms with van der Waals surface area (Å²) in [6.45, 7) is 8.29. The van der Waals surface area contributed by atoms with Gasteiger partial charge in [-0.1, -0.05) is 0 Å². The zero-order valence-electron chi connectivity index (χ0n) is 12.8. The maximum atomic E-state index is 11.9. The zero-order chi connectivity index (χ0) is 15.4. The summed E-state index contributed by atoms with van der Waals surface area (Å²) in [5.41, 5.74) is 0.962. The second-order valence-corrected chi connectivity index (χ2v) is 6.31. The normalized spacial score (nSPS) is 13.9. The van der Waals surface area contributed by atoms with E-state index in [1.54, 1.807) is 6.20 Å². The Balaban J connectivity index is 1.81. The van der Waals surface area contributed by atoms with Crippen molar-refractivity contribution in [3.63, 3.8) is 0 Å². The third kappa shape index (κ3) is 4.12. The number of nitrogens with one attached hydrogen (secondary N) is 2. The summed E-state index contributed by atoms with van der Waals surface area (Å²) in [5.74, 6) is -0.0803. The number of amides is 1. The number of nitrogens with zero attached hydrogens (tertiary/aromatic N) is 3. The Morgan fingerprint density at radius 2 is 2.19 bits per heavy atom. The van der Waals surface area contributed by atoms with Gasteiger partial charge in [0.25, 0.3) is 0 Å². The van der Waals surface area contributed by atoms with Crippen LogP contribution in [0.1, 0.15) is 30.5 Å². The Bertz CT molecular complexity index is 573. The summed E-state index contributed by atoms with van der Waals surface area (Å²) in [6.07, 6.45) is 3.67. The molecular weight excluding hydrogens is 286 g/mol. The van der Waals surface area contributed by atoms with Crippen LogP contribution in [0.3, 0.4) is 0 Å². The highest BCUT2D eigenvalue weighted by molar-refractivity contribution is 7.15. The molecule has 0 bridgehead atoms. The van der Waals surface area contributed by atoms with Crippen LogP contribution in [0.15, 0.2) is 18.5 Å². The van der Waals surface area contributed by atoms with Crippen molar-refractivity contribution in [3.05, 3.63) is 29.0 Å². The molecule has 0 aromatic carbocycles. The van der Waals surface area contributed by atoms with Crippen LogP contribution in [0, 0.1) is 13.8 Å². The molecule has 0 aliphatic heterocycles. The predicted molar refractivity (Wildman–Crippen MR) is 84.6 cm³/mol. The van der Waals surface area contributed by atoms with E-state index in [1.807, 2.05) is 37.7 Å². The summed E-state index contributed by atoms with van der Waals surface area (Å²) in [4.78, 5) is 17.3. The Labute approximate surface area is 128 Å². The molecule has 2 aromatic heterocycles. The maximum Gasteiger partial charge on any atom is 0.240 e. The monoisotopic (exact) mass is 307 g/mol. The van der Waals surface area contributed by atoms with E-state index in [0.29, 0.717) is 5.13 Å². The summed E-state index contributed by atoms with van der Waals surface area (Å²) < 4.78 is 1.88. The number of carbonyl (C=O) groups is 1. The van der Waals surface area contributed by atoms with Gasteiger partial charge in [0.15, 0.2) is 5.13 Å². The van der Waals surface area contributed by atoms with Gasteiger partial charge in [0.2, 0.25) is 5.91 Å². The Kier molecular flexibility index (Phi) is 5.08. The molecule has 2 aromatic rings. The largest absolute Gasteiger partial charge is 0.304 e. The van der Waals surface area contributed by atoms with Gasteiger partial charge >= 0.3 is 0 Å². The van der Waals surface area contributed by atoms with E-state index in [-0.39, 0.29) is 24.5 Å². The number of aryl methyl sites for hydroxylation is 2. The highest BCUT2D eigenvalue weighted by Gasteiger charge is 2.15. The Morgan fingerprint density at radius 3 is 2.76 bits per heavy atom. The number of thiazole rings is 1. The molecule has 0 aliphatic rings. The standard InChI is InChI=1S/C14H21N5OS/c1-9(11(3)19-7-5-6-16-19)15-8-13(20)18-14-17-10(2)12(4)21-14/h5-7,9,11,15H,8H2,1-4H3,(H,17,18,20)/t9-,11+/m1/s1. The van der Waals surface area contributed by atoms with Crippen molar-refractivity contribution < 1.29 is 4.79 Å². The average molecular weight is 307 g/mol. The van der Waals surface area contributed by atoms with Gasteiger partial charge in [0, 0.05) is 23.3 Å². The highest BCUT2D eigenvalue weighted by atomic mass is 32.1. The number of anilines is 1. The van der Waals surface area contributed by atoms with Crippen molar-refractivity contribution in [3.8, 4) is 0 Å². The molecule has 21 heavy (non-hydrogen) atoms. The molecule has 1 amide bonds. The number of rotatable bonds is 6. The molecule has 2 rings (SSSR count). The average Bonchev–Trinajstić information content (AvgIpc) is 3.06. The summed E-state index contributed by atoms with van der Waals surface area (Å²) in [5, 5.41) is 10.9. The fourth-order valence-electron chi connectivity index (χ4n) is 1.86. The van der Waals surface area contributed by atoms with Gasteiger partial charge in [-0.2, -0.15) is 5.10 Å². The lowest BCUT2D eigenvalue weighted by Gasteiger charge is -2.21. The zero-order valence-corrected chi connectivity index (χ0v) is 13.6. The predicted octanol–water partition coefficient (Wildman–Crippen LogP) is 2.13. The molecule has 0 radical (unpaired) electrons. The molecule has 2 atom stereocenters. The first kappa shape index (κ1) is 15.7. The van der Waals surface area contributed by atoms with Gasteiger partial charge < -0.3 is 10.6 Å². The second kappa shape index (κ2) is 6.82. The van der Waals surface area contributed by atoms with Crippen LogP contribution in [-0.2, 0) is 4.79 Å². The molecule has 114 valence electrons. The highest BCUT2D eigenvalue weighted by Crippen LogP contribution is 2.20. The molecule has 0 aliphatic carbocycles. The van der Waals surface area contributed by atoms with E-state index in [4.69, 9.17) is 0 Å². The molecule has 7 heteroatoms. The smallest absolute Gasteiger partial charge is 0.240 e. The molecule has 0 saturated carbocycles. The molecule has 2 heterocycles. The second-order valence-electron chi connectivity index (χ2n) is 5.11. The summed E-state index contributed by atoms with van der Waals surface area (Å²) >= 11 is 1.50. The number of aromatic nitrogens is 3. The fraction of sp³-hybridized carbons (Fsp3) is 0.500. The maximum absolute atomic E-state index is 11.9. The molecule has 0 saturated heterocycles. The molecule has 0 spiro atoms. The number of carbonyl (C=O) groups excluding carboxylic acids is 1. The van der Waals surface area contributed by atoms with Gasteiger partial charge in [-0.3, -0.25) is 9.48 Å². The van der Waals surface area contributed by atoms with Gasteiger partial charge in [-0.05, 0) is 33.8 Å². The molecule has 0 fully saturated rings. The minimum Gasteiger partial charge on any atom is -0.304 e. The van der Waals surface area contributed by atoms with Crippen molar-refractivity contribution in [1.82, 2.24) is 20.1 Å². The third-order valence-electron chi connectivity index (χ3n) is 3.53. The molecular formula is C14H21N5OS. The first-order chi connectivity index (χ1) is 9.97. The van der Waals surface area contributed by atoms with Crippen LogP contribution in [0.25, 0.3) is 0 Å². The van der Waals surface area contributed by atoms with Crippen molar-refractivity contribution in [2.75, 3.05) is 11.9 Å². The number of hydrogen-bond donors (Lipinski definition) is 2. The third-order valence-corrected chi connectivity index (χ3v) is 4.51. The van der Waals surface area contributed by atoms with Crippen LogP contribution >= 0.6 is 11.3 Å². The van der Waals surface area contributed by atoms with Crippen molar-refractivity contribution >= 4 is 22.4 Å². The van der Waals surface area contributed by atoms with E-state index in [9.17, 15) is 4.79 Å². The SMILES string of the molecule is Cc1nc(NC(=O)CN[C@H](C)[C@H](C)n2cccn2)sc1C. The van der Waals surface area contributed by atoms with Crippen molar-refractivity contribution in [2.24, 2.45) is 0 Å². The lowest BCUT2D eigenvalue weighted by molar-refractivity contribution is -0.115. The van der Waals surface area contributed by atoms with Gasteiger partial charge in [-0.25, -0.2) is 4.98 Å². The van der Waals surface area contributed by atoms with E-state index in [1.165, 1.54) is 11.3 Å². The fourth-order valence-corrected chi connectivity index (χ4v) is 2.70. The first-order valence-electron chi connectivity index (χ1n) is 6.93. The van der Waals surface area contributed by atoms with Crippen LogP contribution in [0.4, 0.5) is 5.13 Å². The van der Waals surface area contributed by atoms with Crippen molar-refractivity contribution in [1.29, 1.82) is 0 Å². The Hall–Kier alpha value is -1.73. The quantitative estimate of drug-likeness (QED) is 0.857. The van der Waals surface area contributed by atoms with Gasteiger partial charge in [0.05, 0.1) is 18.3 Å². The van der Waals surface area contributed by atoms with Crippen LogP contribution in [0.2, 0.25) is 0 Å².